The number of imidazole rings is 1. The molecule has 10 aromatic carbocycles. The predicted molar refractivity (Wildman–Crippen MR) is 306 cm³/mol. The van der Waals surface area contributed by atoms with E-state index in [9.17, 15) is 15.1 Å². The second-order valence-electron chi connectivity index (χ2n) is 18.3. The SMILES string of the molecule is [2H]c1c([2H])c([2H])c(-c2cc(-c3c([2H])c([2H])c([2H])c([2H])c3[2H])c(-[n+]3[c-]n(-c4[c-]c(Oc5[c-]c6c(cc5)c5ccccc5n6-c5cc(C(C)(C)C)ccn5)ccc4)c4ccccc43)c(-c3c([2H])c(-c4c([2H])c([2H])c([2H])c([2H])c4[2H])c([2H])c(-c4c([2H])c([2H])c([2H])c([2H])c4[2H])c3[2H])c2)c([2H])c1[2H].[Pt]. The Kier molecular flexibility index (Phi) is 7.58. The smallest absolute Gasteiger partial charge is 0.268 e. The molecule has 368 valence electrons. The number of aromatic nitrogens is 4. The summed E-state index contributed by atoms with van der Waals surface area (Å²) in [6, 6.07) is 15.7. The summed E-state index contributed by atoms with van der Waals surface area (Å²) >= 11 is 0. The molecule has 0 saturated heterocycles. The number of pyridine rings is 1. The second-order valence-corrected chi connectivity index (χ2v) is 18.3. The van der Waals surface area contributed by atoms with Gasteiger partial charge in [-0.25, -0.2) is 4.98 Å². The molecule has 0 bridgehead atoms. The third-order valence-electron chi connectivity index (χ3n) is 12.6. The fraction of sp³-hybridized carbons (Fsp3) is 0.0571. The fourth-order valence-corrected chi connectivity index (χ4v) is 9.11. The number of hydrogen-bond acceptors (Lipinski definition) is 2. The Bertz CT molecular complexity index is 5460. The summed E-state index contributed by atoms with van der Waals surface area (Å²) in [5.41, 5.74) is -3.58. The van der Waals surface area contributed by atoms with Gasteiger partial charge in [-0.15, -0.1) is 29.7 Å². The molecule has 13 rings (SSSR count). The minimum Gasteiger partial charge on any atom is -0.510 e. The summed E-state index contributed by atoms with van der Waals surface area (Å²) in [4.78, 5) is 4.80. The Balaban J connectivity index is 0.00000931. The molecule has 0 amide bonds. The van der Waals surface area contributed by atoms with E-state index in [-0.39, 0.29) is 60.4 Å². The Morgan fingerprint density at radius 3 is 1.74 bits per heavy atom. The van der Waals surface area contributed by atoms with Crippen LogP contribution in [0.25, 0.3) is 106 Å². The van der Waals surface area contributed by atoms with Crippen molar-refractivity contribution in [3.63, 3.8) is 0 Å². The number of ether oxygens (including phenoxy) is 1. The Labute approximate surface area is 490 Å². The topological polar surface area (TPSA) is 35.9 Å². The molecule has 0 radical (unpaired) electrons. The average Bonchev–Trinajstić information content (AvgIpc) is 1.46. The summed E-state index contributed by atoms with van der Waals surface area (Å²) in [5, 5.41) is 1.82. The van der Waals surface area contributed by atoms with Crippen molar-refractivity contribution in [1.82, 2.24) is 14.1 Å². The molecule has 3 aromatic heterocycles. The number of hydrogen-bond donors (Lipinski definition) is 0. The Morgan fingerprint density at radius 2 is 1.08 bits per heavy atom. The summed E-state index contributed by atoms with van der Waals surface area (Å²) in [6.45, 7) is 6.35. The Hall–Kier alpha value is -8.89. The van der Waals surface area contributed by atoms with E-state index in [0.717, 1.165) is 27.9 Å². The van der Waals surface area contributed by atoms with Gasteiger partial charge >= 0.3 is 0 Å². The fourth-order valence-electron chi connectivity index (χ4n) is 9.11. The molecule has 0 aliphatic rings. The van der Waals surface area contributed by atoms with E-state index in [0.29, 0.717) is 16.9 Å². The van der Waals surface area contributed by atoms with Gasteiger partial charge in [0.2, 0.25) is 0 Å². The number of benzene rings is 10. The first kappa shape index (κ1) is 28.7. The zero-order valence-corrected chi connectivity index (χ0v) is 42.7. The molecular formula is C70H50N4OPt-2. The van der Waals surface area contributed by atoms with E-state index >= 15 is 0 Å². The second kappa shape index (κ2) is 20.1. The molecule has 0 N–H and O–H groups in total. The van der Waals surface area contributed by atoms with Crippen molar-refractivity contribution >= 4 is 32.8 Å². The van der Waals surface area contributed by atoms with Crippen LogP contribution in [-0.4, -0.2) is 14.1 Å². The first-order valence-electron chi connectivity index (χ1n) is 35.1. The van der Waals surface area contributed by atoms with Gasteiger partial charge < -0.3 is 13.9 Å². The molecule has 5 nitrogen and oxygen atoms in total. The van der Waals surface area contributed by atoms with Crippen molar-refractivity contribution in [2.24, 2.45) is 0 Å². The van der Waals surface area contributed by atoms with E-state index in [4.69, 9.17) is 26.2 Å². The maximum atomic E-state index is 10.4. The van der Waals surface area contributed by atoms with Gasteiger partial charge in [0.1, 0.15) is 5.82 Å². The van der Waals surface area contributed by atoms with Crippen molar-refractivity contribution in [2.45, 2.75) is 26.2 Å². The van der Waals surface area contributed by atoms with Gasteiger partial charge in [-0.3, -0.25) is 4.57 Å². The zero-order chi connectivity index (χ0) is 70.5. The largest absolute Gasteiger partial charge is 0.510 e. The van der Waals surface area contributed by atoms with Gasteiger partial charge in [-0.05, 0) is 126 Å². The molecule has 0 spiro atoms. The average molecular weight is 1180 g/mol. The quantitative estimate of drug-likeness (QED) is 0.101. The molecule has 76 heavy (non-hydrogen) atoms. The summed E-state index contributed by atoms with van der Waals surface area (Å²) in [6.07, 6.45) is 5.09. The monoisotopic (exact) mass is 1180 g/mol. The van der Waals surface area contributed by atoms with E-state index in [1.165, 1.54) is 15.2 Å². The van der Waals surface area contributed by atoms with Gasteiger partial charge in [0.15, 0.2) is 0 Å². The standard InChI is InChI=1S/C70H50N4O.Pt/c1-70(2,3)56-37-38-71-68(44-56)74-64-32-17-16-31-60(64)61-36-35-59(46-67(61)74)75-58-30-20-29-57(45-58)72-47-73(66-34-19-18-33-65(66)72)69-62(51-27-14-7-15-28-51)42-54(50-25-12-6-13-26-50)43-63(69)55-40-52(48-21-8-4-9-22-48)39-53(41-55)49-23-10-5-11-24-49;/h4-44H,1-3H3;/q-2;/i4D,5D,6D,7D,8D,9D,10D,11D,12D,13D,14D,15D,21D,22D,23D,24D,25D,26D,27D,28D,39D,40D,41D;. The van der Waals surface area contributed by atoms with Crippen LogP contribution in [0.2, 0.25) is 0 Å². The van der Waals surface area contributed by atoms with Crippen molar-refractivity contribution < 1.29 is 61.9 Å². The van der Waals surface area contributed by atoms with E-state index in [1.54, 1.807) is 54.7 Å². The summed E-state index contributed by atoms with van der Waals surface area (Å²) < 4.78 is 222. The normalized spacial score (nSPS) is 15.8. The van der Waals surface area contributed by atoms with Crippen molar-refractivity contribution in [2.75, 3.05) is 0 Å². The Morgan fingerprint density at radius 1 is 0.513 bits per heavy atom. The molecule has 0 atom stereocenters. The number of nitrogens with zero attached hydrogens (tertiary/aromatic N) is 4. The molecular weight excluding hydrogens is 1110 g/mol. The molecule has 0 saturated carbocycles. The van der Waals surface area contributed by atoms with Gasteiger partial charge in [-0.1, -0.05) is 190 Å². The van der Waals surface area contributed by atoms with Crippen LogP contribution in [0.1, 0.15) is 57.9 Å². The van der Waals surface area contributed by atoms with Crippen LogP contribution in [0.5, 0.6) is 11.5 Å². The van der Waals surface area contributed by atoms with Crippen LogP contribution in [0.3, 0.4) is 0 Å². The van der Waals surface area contributed by atoms with Crippen LogP contribution in [-0.2, 0) is 26.5 Å². The molecule has 6 heteroatoms. The van der Waals surface area contributed by atoms with E-state index in [1.807, 2.05) is 47.0 Å². The number of rotatable bonds is 10. The molecule has 0 fully saturated rings. The molecule has 0 unspecified atom stereocenters. The minimum atomic E-state index is -1.01. The summed E-state index contributed by atoms with van der Waals surface area (Å²) in [7, 11) is 0. The van der Waals surface area contributed by atoms with Crippen molar-refractivity contribution in [1.29, 1.82) is 0 Å². The zero-order valence-electron chi connectivity index (χ0n) is 63.4. The van der Waals surface area contributed by atoms with Gasteiger partial charge in [0.05, 0.1) is 48.2 Å². The maximum absolute atomic E-state index is 10.4. The third kappa shape index (κ3) is 9.03. The minimum absolute atomic E-state index is 0. The third-order valence-corrected chi connectivity index (χ3v) is 12.6. The maximum Gasteiger partial charge on any atom is 0.268 e. The molecule has 3 heterocycles. The number of fused-ring (bicyclic) bond motifs is 4. The first-order chi connectivity index (χ1) is 46.4. The van der Waals surface area contributed by atoms with Crippen LogP contribution in [0.15, 0.2) is 248 Å². The molecule has 0 aliphatic carbocycles. The van der Waals surface area contributed by atoms with Crippen molar-refractivity contribution in [3.8, 4) is 84.3 Å². The van der Waals surface area contributed by atoms with Crippen LogP contribution >= 0.6 is 0 Å². The summed E-state index contributed by atoms with van der Waals surface area (Å²) in [5.74, 6) is 1.11. The predicted octanol–water partition coefficient (Wildman–Crippen LogP) is 17.2. The van der Waals surface area contributed by atoms with Gasteiger partial charge in [0.25, 0.3) is 6.33 Å². The van der Waals surface area contributed by atoms with Crippen LogP contribution < -0.4 is 9.30 Å². The van der Waals surface area contributed by atoms with E-state index in [2.05, 4.69) is 39.2 Å². The number of para-hydroxylation sites is 3. The van der Waals surface area contributed by atoms with Crippen LogP contribution in [0.4, 0.5) is 0 Å². The molecule has 0 aliphatic heterocycles. The first-order valence-corrected chi connectivity index (χ1v) is 23.6. The molecule has 13 aromatic rings. The van der Waals surface area contributed by atoms with Gasteiger partial charge in [-0.2, -0.15) is 18.2 Å². The van der Waals surface area contributed by atoms with Gasteiger partial charge in [0, 0.05) is 44.3 Å². The van der Waals surface area contributed by atoms with Crippen LogP contribution in [0, 0.1) is 18.5 Å². The van der Waals surface area contributed by atoms with Crippen molar-refractivity contribution in [3.05, 3.63) is 272 Å². The van der Waals surface area contributed by atoms with E-state index < -0.39 is 189 Å².